The smallest absolute Gasteiger partial charge is 0.329 e. The number of piperidine rings is 1. The van der Waals surface area contributed by atoms with Crippen molar-refractivity contribution < 1.29 is 19.5 Å². The first-order valence-electron chi connectivity index (χ1n) is 7.08. The van der Waals surface area contributed by atoms with Crippen LogP contribution in [0.25, 0.3) is 0 Å². The van der Waals surface area contributed by atoms with Crippen LogP contribution in [0.4, 0.5) is 4.79 Å². The standard InChI is InChI=1S/C13H21N3O4/c1-2-13(11(18)19)6-3-7-16(13)12(20)15-9-4-5-10(17)14-8-9/h9H,2-8H2,1H3,(H,14,17)(H,15,20)(H,18,19). The average Bonchev–Trinajstić information content (AvgIpc) is 2.86. The summed E-state index contributed by atoms with van der Waals surface area (Å²) in [5, 5.41) is 15.0. The second-order valence-corrected chi connectivity index (χ2v) is 5.43. The predicted octanol–water partition coefficient (Wildman–Crippen LogP) is 0.304. The zero-order chi connectivity index (χ0) is 14.8. The Hall–Kier alpha value is -1.79. The fourth-order valence-electron chi connectivity index (χ4n) is 3.02. The second kappa shape index (κ2) is 5.68. The summed E-state index contributed by atoms with van der Waals surface area (Å²) in [5.41, 5.74) is -1.08. The molecule has 0 aromatic carbocycles. The Morgan fingerprint density at radius 1 is 1.55 bits per heavy atom. The third-order valence-electron chi connectivity index (χ3n) is 4.31. The molecule has 3 amide bonds. The highest BCUT2D eigenvalue weighted by molar-refractivity contribution is 5.87. The number of urea groups is 1. The number of likely N-dealkylation sites (tertiary alicyclic amines) is 1. The van der Waals surface area contributed by atoms with Gasteiger partial charge < -0.3 is 20.6 Å². The van der Waals surface area contributed by atoms with E-state index in [9.17, 15) is 19.5 Å². The van der Waals surface area contributed by atoms with Gasteiger partial charge >= 0.3 is 12.0 Å². The molecule has 2 aliphatic heterocycles. The van der Waals surface area contributed by atoms with Gasteiger partial charge in [0.1, 0.15) is 5.54 Å². The van der Waals surface area contributed by atoms with Gasteiger partial charge in [0.15, 0.2) is 0 Å². The number of carboxylic acid groups (broad SMARTS) is 1. The molecule has 7 nitrogen and oxygen atoms in total. The fraction of sp³-hybridized carbons (Fsp3) is 0.769. The molecule has 0 saturated carbocycles. The van der Waals surface area contributed by atoms with Crippen molar-refractivity contribution in [2.75, 3.05) is 13.1 Å². The number of carbonyl (C=O) groups excluding carboxylic acids is 2. The predicted molar refractivity (Wildman–Crippen MR) is 71.2 cm³/mol. The first kappa shape index (κ1) is 14.6. The summed E-state index contributed by atoms with van der Waals surface area (Å²) in [6, 6.07) is -0.461. The molecule has 7 heteroatoms. The average molecular weight is 283 g/mol. The lowest BCUT2D eigenvalue weighted by molar-refractivity contribution is -0.148. The van der Waals surface area contributed by atoms with Crippen LogP contribution >= 0.6 is 0 Å². The van der Waals surface area contributed by atoms with E-state index in [0.717, 1.165) is 0 Å². The molecule has 2 aliphatic rings. The Labute approximate surface area is 117 Å². The van der Waals surface area contributed by atoms with E-state index in [1.54, 1.807) is 6.92 Å². The summed E-state index contributed by atoms with van der Waals surface area (Å²) in [4.78, 5) is 36.4. The van der Waals surface area contributed by atoms with E-state index in [-0.39, 0.29) is 18.0 Å². The normalized spacial score (nSPS) is 29.9. The van der Waals surface area contributed by atoms with Gasteiger partial charge in [0.05, 0.1) is 0 Å². The van der Waals surface area contributed by atoms with E-state index in [2.05, 4.69) is 10.6 Å². The van der Waals surface area contributed by atoms with Gasteiger partial charge in [-0.3, -0.25) is 4.79 Å². The summed E-state index contributed by atoms with van der Waals surface area (Å²) in [5.74, 6) is -0.949. The number of carboxylic acids is 1. The summed E-state index contributed by atoms with van der Waals surface area (Å²) < 4.78 is 0. The number of amides is 3. The molecule has 2 fully saturated rings. The third kappa shape index (κ3) is 2.57. The Morgan fingerprint density at radius 3 is 2.85 bits per heavy atom. The van der Waals surface area contributed by atoms with Crippen molar-refractivity contribution in [2.45, 2.75) is 50.6 Å². The summed E-state index contributed by atoms with van der Waals surface area (Å²) >= 11 is 0. The monoisotopic (exact) mass is 283 g/mol. The molecule has 0 bridgehead atoms. The number of aliphatic carboxylic acids is 1. The molecule has 112 valence electrons. The molecule has 2 rings (SSSR count). The van der Waals surface area contributed by atoms with Crippen molar-refractivity contribution in [3.05, 3.63) is 0 Å². The maximum absolute atomic E-state index is 12.3. The van der Waals surface area contributed by atoms with E-state index in [4.69, 9.17) is 0 Å². The molecular weight excluding hydrogens is 262 g/mol. The SMILES string of the molecule is CCC1(C(=O)O)CCCN1C(=O)NC1CCC(=O)NC1. The van der Waals surface area contributed by atoms with Crippen LogP contribution < -0.4 is 10.6 Å². The molecule has 2 heterocycles. The maximum Gasteiger partial charge on any atom is 0.329 e. The maximum atomic E-state index is 12.3. The molecule has 20 heavy (non-hydrogen) atoms. The number of nitrogens with zero attached hydrogens (tertiary/aromatic N) is 1. The van der Waals surface area contributed by atoms with Crippen molar-refractivity contribution in [3.63, 3.8) is 0 Å². The lowest BCUT2D eigenvalue weighted by atomic mass is 9.93. The molecule has 0 radical (unpaired) electrons. The van der Waals surface area contributed by atoms with Crippen LogP contribution in [0.2, 0.25) is 0 Å². The van der Waals surface area contributed by atoms with Gasteiger partial charge in [-0.15, -0.1) is 0 Å². The number of hydrogen-bond acceptors (Lipinski definition) is 3. The number of hydrogen-bond donors (Lipinski definition) is 3. The second-order valence-electron chi connectivity index (χ2n) is 5.43. The van der Waals surface area contributed by atoms with Gasteiger partial charge in [-0.25, -0.2) is 9.59 Å². The summed E-state index contributed by atoms with van der Waals surface area (Å²) in [7, 11) is 0. The molecule has 0 aromatic rings. The summed E-state index contributed by atoms with van der Waals surface area (Å²) in [6.45, 7) is 2.66. The quantitative estimate of drug-likeness (QED) is 0.694. The van der Waals surface area contributed by atoms with Crippen molar-refractivity contribution >= 4 is 17.9 Å². The summed E-state index contributed by atoms with van der Waals surface area (Å²) in [6.07, 6.45) is 2.58. The number of nitrogens with one attached hydrogen (secondary N) is 2. The highest BCUT2D eigenvalue weighted by Crippen LogP contribution is 2.32. The highest BCUT2D eigenvalue weighted by Gasteiger charge is 2.48. The van der Waals surface area contributed by atoms with Crippen LogP contribution in [0.5, 0.6) is 0 Å². The first-order chi connectivity index (χ1) is 9.49. The zero-order valence-corrected chi connectivity index (χ0v) is 11.6. The van der Waals surface area contributed by atoms with E-state index < -0.39 is 11.5 Å². The van der Waals surface area contributed by atoms with Crippen LogP contribution in [0, 0.1) is 0 Å². The number of rotatable bonds is 3. The minimum Gasteiger partial charge on any atom is -0.479 e. The van der Waals surface area contributed by atoms with E-state index in [1.165, 1.54) is 4.90 Å². The van der Waals surface area contributed by atoms with Gasteiger partial charge in [-0.2, -0.15) is 0 Å². The van der Waals surface area contributed by atoms with E-state index in [0.29, 0.717) is 45.2 Å². The molecule has 0 aromatic heterocycles. The Balaban J connectivity index is 2.01. The Morgan fingerprint density at radius 2 is 2.30 bits per heavy atom. The molecule has 2 atom stereocenters. The number of carbonyl (C=O) groups is 3. The molecule has 0 aliphatic carbocycles. The van der Waals surface area contributed by atoms with Gasteiger partial charge in [0.25, 0.3) is 0 Å². The van der Waals surface area contributed by atoms with Crippen molar-refractivity contribution in [1.29, 1.82) is 0 Å². The largest absolute Gasteiger partial charge is 0.479 e. The Bertz CT molecular complexity index is 416. The van der Waals surface area contributed by atoms with Crippen LogP contribution in [0.15, 0.2) is 0 Å². The molecule has 2 unspecified atom stereocenters. The van der Waals surface area contributed by atoms with Crippen LogP contribution in [-0.4, -0.2) is 52.6 Å². The van der Waals surface area contributed by atoms with Crippen LogP contribution in [-0.2, 0) is 9.59 Å². The van der Waals surface area contributed by atoms with E-state index in [1.807, 2.05) is 0 Å². The van der Waals surface area contributed by atoms with Gasteiger partial charge in [-0.1, -0.05) is 6.92 Å². The van der Waals surface area contributed by atoms with Gasteiger partial charge in [0.2, 0.25) is 5.91 Å². The molecule has 3 N–H and O–H groups in total. The van der Waals surface area contributed by atoms with Crippen molar-refractivity contribution in [1.82, 2.24) is 15.5 Å². The fourth-order valence-corrected chi connectivity index (χ4v) is 3.02. The van der Waals surface area contributed by atoms with Crippen LogP contribution in [0.1, 0.15) is 39.0 Å². The minimum absolute atomic E-state index is 0.00916. The van der Waals surface area contributed by atoms with Gasteiger partial charge in [0, 0.05) is 25.6 Å². The van der Waals surface area contributed by atoms with Crippen LogP contribution in [0.3, 0.4) is 0 Å². The molecule has 0 spiro atoms. The zero-order valence-electron chi connectivity index (χ0n) is 11.6. The third-order valence-corrected chi connectivity index (χ3v) is 4.31. The minimum atomic E-state index is -1.08. The van der Waals surface area contributed by atoms with Crippen molar-refractivity contribution in [3.8, 4) is 0 Å². The van der Waals surface area contributed by atoms with Crippen molar-refractivity contribution in [2.24, 2.45) is 0 Å². The topological polar surface area (TPSA) is 98.7 Å². The van der Waals surface area contributed by atoms with E-state index >= 15 is 0 Å². The lowest BCUT2D eigenvalue weighted by Gasteiger charge is -2.35. The molecular formula is C13H21N3O4. The highest BCUT2D eigenvalue weighted by atomic mass is 16.4. The lowest BCUT2D eigenvalue weighted by Crippen LogP contribution is -2.58. The first-order valence-corrected chi connectivity index (χ1v) is 7.08. The Kier molecular flexibility index (Phi) is 4.15. The molecule has 2 saturated heterocycles. The van der Waals surface area contributed by atoms with Gasteiger partial charge in [-0.05, 0) is 25.7 Å².